The number of carbonyl (C=O) groups excluding carboxylic acids is 1. The predicted molar refractivity (Wildman–Crippen MR) is 105 cm³/mol. The Morgan fingerprint density at radius 3 is 2.22 bits per heavy atom. The lowest BCUT2D eigenvalue weighted by Gasteiger charge is -2.22. The molecule has 1 amide bonds. The zero-order valence-electron chi connectivity index (χ0n) is 16.6. The van der Waals surface area contributed by atoms with Gasteiger partial charge in [-0.15, -0.1) is 0 Å². The molecule has 2 aliphatic heterocycles. The van der Waals surface area contributed by atoms with Gasteiger partial charge in [0.1, 0.15) is 12.2 Å². The molecule has 2 N–H and O–H groups in total. The van der Waals surface area contributed by atoms with Gasteiger partial charge in [-0.1, -0.05) is 51.5 Å². The summed E-state index contributed by atoms with van der Waals surface area (Å²) in [6, 6.07) is 0.155. The van der Waals surface area contributed by atoms with Crippen molar-refractivity contribution in [2.24, 2.45) is 11.8 Å². The summed E-state index contributed by atoms with van der Waals surface area (Å²) >= 11 is 0. The molecule has 4 rings (SSSR count). The van der Waals surface area contributed by atoms with E-state index >= 15 is 0 Å². The van der Waals surface area contributed by atoms with Gasteiger partial charge in [0.05, 0.1) is 25.3 Å². The number of amides is 1. The van der Waals surface area contributed by atoms with Gasteiger partial charge >= 0.3 is 0 Å². The number of carbonyl (C=O) groups is 1. The second-order valence-corrected chi connectivity index (χ2v) is 9.09. The van der Waals surface area contributed by atoms with Crippen LogP contribution in [0, 0.1) is 11.8 Å². The largest absolute Gasteiger partial charge is 0.381 e. The number of hydrogen-bond donors (Lipinski definition) is 2. The maximum Gasteiger partial charge on any atom is 0.223 e. The molecule has 0 unspecified atom stereocenters. The van der Waals surface area contributed by atoms with Crippen molar-refractivity contribution in [3.05, 3.63) is 12.3 Å². The molecule has 0 radical (unpaired) electrons. The molecule has 0 aromatic heterocycles. The van der Waals surface area contributed by atoms with Crippen LogP contribution in [0.3, 0.4) is 0 Å². The SMILES string of the molecule is C=C(CCCCC1CCCCC1)N[C@H]1CO[C@H]2[C@@H]1OC[C@@H]2NC(=O)C1CC1. The van der Waals surface area contributed by atoms with E-state index in [-0.39, 0.29) is 36.1 Å². The fourth-order valence-corrected chi connectivity index (χ4v) is 4.97. The van der Waals surface area contributed by atoms with Crippen molar-refractivity contribution >= 4 is 5.91 Å². The van der Waals surface area contributed by atoms with Crippen LogP contribution in [0.2, 0.25) is 0 Å². The molecule has 4 atom stereocenters. The number of allylic oxidation sites excluding steroid dienone is 1. The van der Waals surface area contributed by atoms with Crippen molar-refractivity contribution in [1.82, 2.24) is 10.6 Å². The number of nitrogens with one attached hydrogen (secondary N) is 2. The van der Waals surface area contributed by atoms with E-state index in [4.69, 9.17) is 9.47 Å². The van der Waals surface area contributed by atoms with Crippen LogP contribution in [0.25, 0.3) is 0 Å². The Labute approximate surface area is 163 Å². The van der Waals surface area contributed by atoms with E-state index in [1.165, 1.54) is 51.4 Å². The topological polar surface area (TPSA) is 59.6 Å². The van der Waals surface area contributed by atoms with Crippen LogP contribution in [0.5, 0.6) is 0 Å². The number of hydrogen-bond acceptors (Lipinski definition) is 4. The maximum atomic E-state index is 12.0. The molecule has 5 nitrogen and oxygen atoms in total. The van der Waals surface area contributed by atoms with E-state index in [1.54, 1.807) is 0 Å². The summed E-state index contributed by atoms with van der Waals surface area (Å²) < 4.78 is 11.9. The van der Waals surface area contributed by atoms with Crippen LogP contribution in [-0.4, -0.2) is 43.4 Å². The highest BCUT2D eigenvalue weighted by Crippen LogP contribution is 2.32. The fourth-order valence-electron chi connectivity index (χ4n) is 4.97. The lowest BCUT2D eigenvalue weighted by atomic mass is 9.85. The molecule has 4 aliphatic rings. The summed E-state index contributed by atoms with van der Waals surface area (Å²) in [4.78, 5) is 12.0. The Hall–Kier alpha value is -1.07. The first kappa shape index (κ1) is 19.3. The third-order valence-corrected chi connectivity index (χ3v) is 6.78. The molecule has 0 aromatic carbocycles. The quantitative estimate of drug-likeness (QED) is 0.606. The molecular weight excluding hydrogens is 340 g/mol. The molecule has 0 bridgehead atoms. The fraction of sp³-hybridized carbons (Fsp3) is 0.864. The van der Waals surface area contributed by atoms with Crippen molar-refractivity contribution in [2.75, 3.05) is 13.2 Å². The van der Waals surface area contributed by atoms with Crippen molar-refractivity contribution < 1.29 is 14.3 Å². The molecule has 2 saturated heterocycles. The van der Waals surface area contributed by atoms with Crippen LogP contribution in [0.4, 0.5) is 0 Å². The number of rotatable bonds is 9. The van der Waals surface area contributed by atoms with Crippen molar-refractivity contribution in [3.8, 4) is 0 Å². The van der Waals surface area contributed by atoms with Crippen molar-refractivity contribution in [3.63, 3.8) is 0 Å². The first-order valence-electron chi connectivity index (χ1n) is 11.2. The molecule has 152 valence electrons. The minimum atomic E-state index is -0.0238. The first-order chi connectivity index (χ1) is 13.2. The molecule has 2 aliphatic carbocycles. The van der Waals surface area contributed by atoms with Gasteiger partial charge in [0.2, 0.25) is 5.91 Å². The van der Waals surface area contributed by atoms with Crippen LogP contribution >= 0.6 is 0 Å². The zero-order valence-corrected chi connectivity index (χ0v) is 16.6. The molecule has 0 spiro atoms. The smallest absolute Gasteiger partial charge is 0.223 e. The number of unbranched alkanes of at least 4 members (excludes halogenated alkanes) is 1. The van der Waals surface area contributed by atoms with Crippen molar-refractivity contribution in [2.45, 2.75) is 94.9 Å². The van der Waals surface area contributed by atoms with Gasteiger partial charge in [0, 0.05) is 11.6 Å². The van der Waals surface area contributed by atoms with E-state index < -0.39 is 0 Å². The monoisotopic (exact) mass is 376 g/mol. The minimum absolute atomic E-state index is 0.00124. The Morgan fingerprint density at radius 2 is 1.56 bits per heavy atom. The Kier molecular flexibility index (Phi) is 6.39. The number of ether oxygens (including phenoxy) is 2. The average Bonchev–Trinajstić information content (AvgIpc) is 3.35. The van der Waals surface area contributed by atoms with Crippen LogP contribution in [0.1, 0.15) is 70.6 Å². The molecule has 2 saturated carbocycles. The summed E-state index contributed by atoms with van der Waals surface area (Å²) in [7, 11) is 0. The second-order valence-electron chi connectivity index (χ2n) is 9.09. The van der Waals surface area contributed by atoms with E-state index in [2.05, 4.69) is 17.2 Å². The van der Waals surface area contributed by atoms with Gasteiger partial charge in [0.25, 0.3) is 0 Å². The van der Waals surface area contributed by atoms with Crippen LogP contribution in [-0.2, 0) is 14.3 Å². The van der Waals surface area contributed by atoms with E-state index in [9.17, 15) is 4.79 Å². The highest BCUT2D eigenvalue weighted by Gasteiger charge is 2.49. The second kappa shape index (κ2) is 8.95. The first-order valence-corrected chi connectivity index (χ1v) is 11.2. The number of fused-ring (bicyclic) bond motifs is 1. The van der Waals surface area contributed by atoms with E-state index in [0.29, 0.717) is 13.2 Å². The zero-order chi connectivity index (χ0) is 18.6. The van der Waals surface area contributed by atoms with Gasteiger partial charge in [-0.3, -0.25) is 4.79 Å². The van der Waals surface area contributed by atoms with Gasteiger partial charge in [-0.2, -0.15) is 0 Å². The third-order valence-electron chi connectivity index (χ3n) is 6.78. The predicted octanol–water partition coefficient (Wildman–Crippen LogP) is 3.29. The summed E-state index contributed by atoms with van der Waals surface area (Å²) in [5.74, 6) is 1.37. The van der Waals surface area contributed by atoms with Gasteiger partial charge < -0.3 is 20.1 Å². The van der Waals surface area contributed by atoms with E-state index in [1.807, 2.05) is 0 Å². The van der Waals surface area contributed by atoms with Gasteiger partial charge in [0.15, 0.2) is 0 Å². The highest BCUT2D eigenvalue weighted by atomic mass is 16.6. The molecule has 27 heavy (non-hydrogen) atoms. The standard InChI is InChI=1S/C22H36N2O3/c1-15(7-5-6-10-16-8-3-2-4-9-16)23-18-13-26-21-19(14-27-20(18)21)24-22(25)17-11-12-17/h16-21,23H,1-14H2,(H,24,25)/t18-,19-,20+,21+/m0/s1. The van der Waals surface area contributed by atoms with Gasteiger partial charge in [-0.05, 0) is 31.6 Å². The van der Waals surface area contributed by atoms with E-state index in [0.717, 1.165) is 30.9 Å². The molecule has 5 heteroatoms. The van der Waals surface area contributed by atoms with Crippen molar-refractivity contribution in [1.29, 1.82) is 0 Å². The minimum Gasteiger partial charge on any atom is -0.381 e. The maximum absolute atomic E-state index is 12.0. The third kappa shape index (κ3) is 5.05. The lowest BCUT2D eigenvalue weighted by molar-refractivity contribution is -0.123. The lowest BCUT2D eigenvalue weighted by Crippen LogP contribution is -2.46. The molecule has 0 aromatic rings. The Balaban J connectivity index is 1.13. The Bertz CT molecular complexity index is 528. The van der Waals surface area contributed by atoms with Crippen LogP contribution < -0.4 is 10.6 Å². The normalized spacial score (nSPS) is 33.6. The summed E-state index contributed by atoms with van der Waals surface area (Å²) in [6.07, 6.45) is 14.2. The highest BCUT2D eigenvalue weighted by molar-refractivity contribution is 5.81. The summed E-state index contributed by atoms with van der Waals surface area (Å²) in [6.45, 7) is 5.41. The van der Waals surface area contributed by atoms with Gasteiger partial charge in [-0.25, -0.2) is 0 Å². The molecule has 2 heterocycles. The van der Waals surface area contributed by atoms with Crippen LogP contribution in [0.15, 0.2) is 12.3 Å². The Morgan fingerprint density at radius 1 is 0.889 bits per heavy atom. The average molecular weight is 377 g/mol. The summed E-state index contributed by atoms with van der Waals surface area (Å²) in [5, 5.41) is 6.66. The molecule has 4 fully saturated rings. The summed E-state index contributed by atoms with van der Waals surface area (Å²) in [5.41, 5.74) is 1.10. The molecular formula is C22H36N2O3.